The van der Waals surface area contributed by atoms with Gasteiger partial charge < -0.3 is 9.47 Å². The molecule has 3 aromatic rings. The molecular formula is C20H20N4O. The number of aromatic nitrogens is 3. The van der Waals surface area contributed by atoms with Crippen LogP contribution in [0, 0.1) is 0 Å². The fourth-order valence-corrected chi connectivity index (χ4v) is 3.29. The number of carbonyl (C=O) groups excluding carboxylic acids is 1. The molecule has 126 valence electrons. The van der Waals surface area contributed by atoms with Gasteiger partial charge in [0, 0.05) is 42.8 Å². The van der Waals surface area contributed by atoms with Crippen molar-refractivity contribution in [2.45, 2.75) is 19.5 Å². The molecule has 0 aliphatic carbocycles. The zero-order valence-corrected chi connectivity index (χ0v) is 14.1. The van der Waals surface area contributed by atoms with Crippen molar-refractivity contribution in [2.24, 2.45) is 0 Å². The molecule has 1 atom stereocenters. The second-order valence-corrected chi connectivity index (χ2v) is 6.22. The smallest absolute Gasteiger partial charge is 0.247 e. The first-order valence-electron chi connectivity index (χ1n) is 8.46. The third-order valence-corrected chi connectivity index (χ3v) is 4.67. The molecule has 0 spiro atoms. The average molecular weight is 332 g/mol. The van der Waals surface area contributed by atoms with E-state index in [0.29, 0.717) is 0 Å². The summed E-state index contributed by atoms with van der Waals surface area (Å²) in [6.45, 7) is 3.65. The van der Waals surface area contributed by atoms with Gasteiger partial charge in [-0.05, 0) is 37.3 Å². The molecule has 2 aromatic heterocycles. The summed E-state index contributed by atoms with van der Waals surface area (Å²) in [7, 11) is 0. The molecule has 5 nitrogen and oxygen atoms in total. The molecule has 0 N–H and O–H groups in total. The first-order chi connectivity index (χ1) is 12.2. The molecule has 1 aliphatic heterocycles. The molecule has 1 aliphatic rings. The van der Waals surface area contributed by atoms with Gasteiger partial charge in [0.05, 0.1) is 17.9 Å². The fraction of sp³-hybridized carbons (Fsp3) is 0.200. The summed E-state index contributed by atoms with van der Waals surface area (Å²) in [5, 5.41) is 4.35. The molecular weight excluding hydrogens is 312 g/mol. The zero-order valence-electron chi connectivity index (χ0n) is 14.1. The maximum absolute atomic E-state index is 12.6. The van der Waals surface area contributed by atoms with Crippen LogP contribution >= 0.6 is 0 Å². The minimum Gasteiger partial charge on any atom is -0.348 e. The number of amides is 1. The SMILES string of the molecule is C[C@H]1c2cccn2CCN1C(=O)/C=C\c1cnn(-c2ccccc2)c1. The Morgan fingerprint density at radius 3 is 2.84 bits per heavy atom. The van der Waals surface area contributed by atoms with Gasteiger partial charge in [-0.15, -0.1) is 0 Å². The fourth-order valence-electron chi connectivity index (χ4n) is 3.29. The molecule has 0 bridgehead atoms. The van der Waals surface area contributed by atoms with Crippen molar-refractivity contribution in [1.29, 1.82) is 0 Å². The van der Waals surface area contributed by atoms with Gasteiger partial charge in [0.25, 0.3) is 0 Å². The van der Waals surface area contributed by atoms with E-state index in [1.165, 1.54) is 5.69 Å². The van der Waals surface area contributed by atoms with Crippen molar-refractivity contribution in [3.8, 4) is 5.69 Å². The average Bonchev–Trinajstić information content (AvgIpc) is 3.30. The predicted octanol–water partition coefficient (Wildman–Crippen LogP) is 3.29. The Balaban J connectivity index is 1.47. The van der Waals surface area contributed by atoms with Crippen LogP contribution in [-0.4, -0.2) is 31.7 Å². The van der Waals surface area contributed by atoms with Gasteiger partial charge in [0.2, 0.25) is 5.91 Å². The Kier molecular flexibility index (Phi) is 3.98. The summed E-state index contributed by atoms with van der Waals surface area (Å²) >= 11 is 0. The highest BCUT2D eigenvalue weighted by Gasteiger charge is 2.25. The second kappa shape index (κ2) is 6.43. The van der Waals surface area contributed by atoms with E-state index < -0.39 is 0 Å². The van der Waals surface area contributed by atoms with Crippen molar-refractivity contribution >= 4 is 12.0 Å². The molecule has 0 saturated heterocycles. The first-order valence-corrected chi connectivity index (χ1v) is 8.46. The third-order valence-electron chi connectivity index (χ3n) is 4.67. The van der Waals surface area contributed by atoms with Crippen LogP contribution in [0.3, 0.4) is 0 Å². The molecule has 0 saturated carbocycles. The minimum absolute atomic E-state index is 0.0346. The molecule has 1 amide bonds. The van der Waals surface area contributed by atoms with E-state index in [-0.39, 0.29) is 11.9 Å². The van der Waals surface area contributed by atoms with Crippen molar-refractivity contribution in [3.63, 3.8) is 0 Å². The Bertz CT molecular complexity index is 907. The predicted molar refractivity (Wildman–Crippen MR) is 97.2 cm³/mol. The number of nitrogens with zero attached hydrogens (tertiary/aromatic N) is 4. The van der Waals surface area contributed by atoms with Gasteiger partial charge in [0.15, 0.2) is 0 Å². The summed E-state index contributed by atoms with van der Waals surface area (Å²) in [6, 6.07) is 14.1. The molecule has 0 unspecified atom stereocenters. The van der Waals surface area contributed by atoms with E-state index in [9.17, 15) is 4.79 Å². The number of para-hydroxylation sites is 1. The lowest BCUT2D eigenvalue weighted by atomic mass is 10.1. The highest BCUT2D eigenvalue weighted by atomic mass is 16.2. The summed E-state index contributed by atoms with van der Waals surface area (Å²) in [5.74, 6) is 0.0346. The number of benzene rings is 1. The van der Waals surface area contributed by atoms with E-state index in [0.717, 1.165) is 24.3 Å². The summed E-state index contributed by atoms with van der Waals surface area (Å²) in [6.07, 6.45) is 9.23. The molecule has 0 fully saturated rings. The van der Waals surface area contributed by atoms with Gasteiger partial charge in [0.1, 0.15) is 0 Å². The number of rotatable bonds is 3. The van der Waals surface area contributed by atoms with Crippen LogP contribution in [0.4, 0.5) is 0 Å². The van der Waals surface area contributed by atoms with E-state index in [1.54, 1.807) is 17.0 Å². The topological polar surface area (TPSA) is 43.1 Å². The Morgan fingerprint density at radius 2 is 2.00 bits per heavy atom. The maximum atomic E-state index is 12.6. The van der Waals surface area contributed by atoms with E-state index in [2.05, 4.69) is 28.9 Å². The molecule has 1 aromatic carbocycles. The summed E-state index contributed by atoms with van der Waals surface area (Å²) < 4.78 is 4.02. The van der Waals surface area contributed by atoms with Gasteiger partial charge in [-0.25, -0.2) is 4.68 Å². The standard InChI is InChI=1S/C20H20N4O/c1-16-19-8-5-11-22(19)12-13-23(16)20(25)10-9-17-14-21-24(15-17)18-6-3-2-4-7-18/h2-11,14-16H,12-13H2,1H3/b10-9-/t16-/m0/s1. The van der Waals surface area contributed by atoms with Crippen LogP contribution in [0.15, 0.2) is 67.1 Å². The Hall–Kier alpha value is -3.08. The van der Waals surface area contributed by atoms with Crippen molar-refractivity contribution < 1.29 is 4.79 Å². The Labute approximate surface area is 146 Å². The lowest BCUT2D eigenvalue weighted by Crippen LogP contribution is -2.39. The van der Waals surface area contributed by atoms with Crippen LogP contribution < -0.4 is 0 Å². The van der Waals surface area contributed by atoms with Crippen molar-refractivity contribution in [3.05, 3.63) is 78.4 Å². The number of hydrogen-bond acceptors (Lipinski definition) is 2. The van der Waals surface area contributed by atoms with Gasteiger partial charge in [-0.2, -0.15) is 5.10 Å². The maximum Gasteiger partial charge on any atom is 0.247 e. The molecule has 4 rings (SSSR count). The summed E-state index contributed by atoms with van der Waals surface area (Å²) in [5.41, 5.74) is 3.09. The third kappa shape index (κ3) is 3.01. The van der Waals surface area contributed by atoms with Crippen LogP contribution in [0.5, 0.6) is 0 Å². The lowest BCUT2D eigenvalue weighted by molar-refractivity contribution is -0.129. The van der Waals surface area contributed by atoms with Crippen LogP contribution in [0.1, 0.15) is 24.2 Å². The second-order valence-electron chi connectivity index (χ2n) is 6.22. The monoisotopic (exact) mass is 332 g/mol. The van der Waals surface area contributed by atoms with Crippen LogP contribution in [-0.2, 0) is 11.3 Å². The van der Waals surface area contributed by atoms with Gasteiger partial charge >= 0.3 is 0 Å². The van der Waals surface area contributed by atoms with Crippen LogP contribution in [0.25, 0.3) is 11.8 Å². The summed E-state index contributed by atoms with van der Waals surface area (Å²) in [4.78, 5) is 14.5. The molecule has 3 heterocycles. The van der Waals surface area contributed by atoms with E-state index in [1.807, 2.05) is 53.6 Å². The molecule has 0 radical (unpaired) electrons. The molecule has 5 heteroatoms. The lowest BCUT2D eigenvalue weighted by Gasteiger charge is -2.34. The largest absolute Gasteiger partial charge is 0.348 e. The number of carbonyl (C=O) groups is 1. The zero-order chi connectivity index (χ0) is 17.2. The quantitative estimate of drug-likeness (QED) is 0.691. The Morgan fingerprint density at radius 1 is 1.16 bits per heavy atom. The first kappa shape index (κ1) is 15.4. The van der Waals surface area contributed by atoms with E-state index in [4.69, 9.17) is 0 Å². The normalized spacial score (nSPS) is 17.0. The van der Waals surface area contributed by atoms with Gasteiger partial charge in [-0.1, -0.05) is 18.2 Å². The van der Waals surface area contributed by atoms with Crippen molar-refractivity contribution in [2.75, 3.05) is 6.54 Å². The van der Waals surface area contributed by atoms with Gasteiger partial charge in [-0.3, -0.25) is 4.79 Å². The molecule has 25 heavy (non-hydrogen) atoms. The van der Waals surface area contributed by atoms with Crippen molar-refractivity contribution in [1.82, 2.24) is 19.2 Å². The number of fused-ring (bicyclic) bond motifs is 1. The highest BCUT2D eigenvalue weighted by molar-refractivity contribution is 5.92. The minimum atomic E-state index is 0.0346. The van der Waals surface area contributed by atoms with Crippen LogP contribution in [0.2, 0.25) is 0 Å². The highest BCUT2D eigenvalue weighted by Crippen LogP contribution is 2.25. The van der Waals surface area contributed by atoms with E-state index >= 15 is 0 Å². The number of hydrogen-bond donors (Lipinski definition) is 0.